The maximum Gasteiger partial charge on any atom is 0.226 e. The molecule has 166 valence electrons. The summed E-state index contributed by atoms with van der Waals surface area (Å²) in [6, 6.07) is 2.32. The first-order chi connectivity index (χ1) is 15.6. The molecule has 1 atom stereocenters. The topological polar surface area (TPSA) is 88.2 Å². The molecule has 3 saturated carbocycles. The molecule has 1 amide bonds. The van der Waals surface area contributed by atoms with E-state index in [2.05, 4.69) is 26.3 Å². The second-order valence-corrected chi connectivity index (χ2v) is 9.80. The fraction of sp³-hybridized carbons (Fsp3) is 0.520. The van der Waals surface area contributed by atoms with Crippen LogP contribution in [0.15, 0.2) is 25.0 Å². The largest absolute Gasteiger partial charge is 0.396 e. The van der Waals surface area contributed by atoms with E-state index in [1.807, 2.05) is 6.07 Å². The van der Waals surface area contributed by atoms with Crippen LogP contribution in [0.4, 0.5) is 11.5 Å². The molecule has 0 bridgehead atoms. The van der Waals surface area contributed by atoms with Crippen molar-refractivity contribution in [3.63, 3.8) is 0 Å². The van der Waals surface area contributed by atoms with Gasteiger partial charge in [-0.25, -0.2) is 9.97 Å². The molecule has 4 fully saturated rings. The fourth-order valence-corrected chi connectivity index (χ4v) is 4.99. The lowest BCUT2D eigenvalue weighted by Gasteiger charge is -2.43. The van der Waals surface area contributed by atoms with E-state index in [0.717, 1.165) is 73.8 Å². The maximum absolute atomic E-state index is 12.9. The number of nitrogens with zero attached hydrogens (tertiary/aromatic N) is 5. The van der Waals surface area contributed by atoms with Gasteiger partial charge in [0.25, 0.3) is 0 Å². The molecule has 3 aliphatic carbocycles. The van der Waals surface area contributed by atoms with Gasteiger partial charge in [0.05, 0.1) is 41.2 Å². The molecule has 0 unspecified atom stereocenters. The Kier molecular flexibility index (Phi) is 4.66. The highest BCUT2D eigenvalue weighted by Crippen LogP contribution is 2.46. The van der Waals surface area contributed by atoms with E-state index in [1.165, 1.54) is 12.8 Å². The molecule has 2 N–H and O–H groups in total. The molecule has 6 rings (SSSR count). The zero-order chi connectivity index (χ0) is 21.8. The molecular weight excluding hydrogens is 400 g/mol. The van der Waals surface area contributed by atoms with E-state index in [4.69, 9.17) is 10.7 Å². The third-order valence-corrected chi connectivity index (χ3v) is 7.26. The molecule has 0 radical (unpaired) electrons. The molecule has 4 aliphatic rings. The number of piperazine rings is 1. The molecule has 7 nitrogen and oxygen atoms in total. The van der Waals surface area contributed by atoms with E-state index in [9.17, 15) is 4.79 Å². The van der Waals surface area contributed by atoms with Crippen molar-refractivity contribution in [1.82, 2.24) is 19.9 Å². The van der Waals surface area contributed by atoms with Crippen molar-refractivity contribution >= 4 is 23.5 Å². The predicted octanol–water partition coefficient (Wildman–Crippen LogP) is 3.48. The first-order valence-electron chi connectivity index (χ1n) is 11.9. The fourth-order valence-electron chi connectivity index (χ4n) is 4.99. The molecule has 1 saturated heterocycles. The number of nitrogen functional groups attached to an aromatic ring is 1. The molecular formula is C25H30N6O. The van der Waals surface area contributed by atoms with Crippen molar-refractivity contribution in [2.75, 3.05) is 30.3 Å². The summed E-state index contributed by atoms with van der Waals surface area (Å²) in [5.41, 5.74) is 10.9. The summed E-state index contributed by atoms with van der Waals surface area (Å²) in [7, 11) is 0. The molecule has 0 spiro atoms. The second-order valence-electron chi connectivity index (χ2n) is 9.80. The zero-order valence-corrected chi connectivity index (χ0v) is 18.4. The van der Waals surface area contributed by atoms with Gasteiger partial charge in [-0.1, -0.05) is 6.58 Å². The van der Waals surface area contributed by atoms with Gasteiger partial charge in [-0.2, -0.15) is 0 Å². The maximum atomic E-state index is 12.9. The number of nitrogens with two attached hydrogens (primary N) is 1. The summed E-state index contributed by atoms with van der Waals surface area (Å²) < 4.78 is 0. The van der Waals surface area contributed by atoms with Gasteiger partial charge < -0.3 is 15.5 Å². The number of anilines is 2. The number of carbonyl (C=O) groups excluding carboxylic acids is 1. The number of pyridine rings is 1. The van der Waals surface area contributed by atoms with Gasteiger partial charge in [-0.15, -0.1) is 0 Å². The zero-order valence-electron chi connectivity index (χ0n) is 18.4. The number of rotatable bonds is 6. The van der Waals surface area contributed by atoms with E-state index < -0.39 is 0 Å². The lowest BCUT2D eigenvalue weighted by molar-refractivity contribution is -0.135. The van der Waals surface area contributed by atoms with Gasteiger partial charge in [-0.3, -0.25) is 9.78 Å². The van der Waals surface area contributed by atoms with Gasteiger partial charge in [0.1, 0.15) is 0 Å². The van der Waals surface area contributed by atoms with Gasteiger partial charge in [0.15, 0.2) is 5.82 Å². The highest BCUT2D eigenvalue weighted by atomic mass is 16.2. The Hall–Kier alpha value is -2.96. The minimum absolute atomic E-state index is 0.277. The van der Waals surface area contributed by atoms with Gasteiger partial charge in [0, 0.05) is 37.0 Å². The van der Waals surface area contributed by atoms with Gasteiger partial charge >= 0.3 is 0 Å². The smallest absolute Gasteiger partial charge is 0.226 e. The Balaban J connectivity index is 1.32. The Morgan fingerprint density at radius 1 is 1.09 bits per heavy atom. The average molecular weight is 431 g/mol. The van der Waals surface area contributed by atoms with E-state index in [0.29, 0.717) is 23.4 Å². The molecule has 2 aromatic rings. The van der Waals surface area contributed by atoms with Crippen LogP contribution in [0.2, 0.25) is 0 Å². The third-order valence-electron chi connectivity index (χ3n) is 7.26. The van der Waals surface area contributed by atoms with Crippen LogP contribution in [0.5, 0.6) is 0 Å². The normalized spacial score (nSPS) is 23.3. The highest BCUT2D eigenvalue weighted by molar-refractivity contribution is 5.82. The first-order valence-corrected chi connectivity index (χ1v) is 11.9. The Morgan fingerprint density at radius 2 is 1.91 bits per heavy atom. The summed E-state index contributed by atoms with van der Waals surface area (Å²) in [6.45, 7) is 6.19. The summed E-state index contributed by atoms with van der Waals surface area (Å²) in [5.74, 6) is 2.60. The standard InChI is InChI=1S/C25H30N6O/c1-2-18-12-27-13-21(28-18)19-11-20(26)24(29-23(19)16-5-6-16)30-9-10-31(25(32)17-7-8-17)22(14-30)15-3-4-15/h2,11-13,15-17,22H,1,3-10,14,26H2/t22-/m0/s1. The number of hydrogen-bond acceptors (Lipinski definition) is 6. The van der Waals surface area contributed by atoms with Crippen LogP contribution in [-0.2, 0) is 4.79 Å². The summed E-state index contributed by atoms with van der Waals surface area (Å²) in [4.78, 5) is 31.5. The molecule has 2 aromatic heterocycles. The average Bonchev–Trinajstić information content (AvgIpc) is 3.66. The van der Waals surface area contributed by atoms with Gasteiger partial charge in [0.2, 0.25) is 5.91 Å². The Bertz CT molecular complexity index is 1070. The molecule has 3 heterocycles. The number of hydrogen-bond donors (Lipinski definition) is 1. The lowest BCUT2D eigenvalue weighted by atomic mass is 10.0. The second kappa shape index (κ2) is 7.57. The third kappa shape index (κ3) is 3.63. The first kappa shape index (κ1) is 19.7. The van der Waals surface area contributed by atoms with Crippen molar-refractivity contribution < 1.29 is 4.79 Å². The highest BCUT2D eigenvalue weighted by Gasteiger charge is 2.45. The monoisotopic (exact) mass is 430 g/mol. The van der Waals surface area contributed by atoms with Gasteiger partial charge in [-0.05, 0) is 56.6 Å². The predicted molar refractivity (Wildman–Crippen MR) is 125 cm³/mol. The van der Waals surface area contributed by atoms with E-state index in [-0.39, 0.29) is 12.0 Å². The van der Waals surface area contributed by atoms with Crippen LogP contribution >= 0.6 is 0 Å². The Morgan fingerprint density at radius 3 is 2.59 bits per heavy atom. The van der Waals surface area contributed by atoms with E-state index >= 15 is 0 Å². The molecule has 0 aromatic carbocycles. The molecule has 1 aliphatic heterocycles. The SMILES string of the molecule is C=Cc1cncc(-c2cc(N)c(N3CCN(C(=O)C4CC4)[C@H](C4CC4)C3)nc2C2CC2)n1. The molecule has 7 heteroatoms. The van der Waals surface area contributed by atoms with Crippen molar-refractivity contribution in [2.24, 2.45) is 11.8 Å². The number of amides is 1. The summed E-state index contributed by atoms with van der Waals surface area (Å²) in [6.07, 6.45) is 12.1. The van der Waals surface area contributed by atoms with Crippen LogP contribution in [0.1, 0.15) is 55.8 Å². The van der Waals surface area contributed by atoms with Crippen molar-refractivity contribution in [3.8, 4) is 11.3 Å². The lowest BCUT2D eigenvalue weighted by Crippen LogP contribution is -2.57. The summed E-state index contributed by atoms with van der Waals surface area (Å²) >= 11 is 0. The van der Waals surface area contributed by atoms with E-state index in [1.54, 1.807) is 18.5 Å². The van der Waals surface area contributed by atoms with Crippen molar-refractivity contribution in [1.29, 1.82) is 0 Å². The Labute approximate surface area is 188 Å². The minimum atomic E-state index is 0.277. The van der Waals surface area contributed by atoms with Crippen LogP contribution in [0, 0.1) is 11.8 Å². The molecule has 32 heavy (non-hydrogen) atoms. The van der Waals surface area contributed by atoms with Crippen LogP contribution < -0.4 is 10.6 Å². The quantitative estimate of drug-likeness (QED) is 0.755. The number of aromatic nitrogens is 3. The van der Waals surface area contributed by atoms with Crippen molar-refractivity contribution in [2.45, 2.75) is 50.5 Å². The van der Waals surface area contributed by atoms with Crippen molar-refractivity contribution in [3.05, 3.63) is 36.4 Å². The van der Waals surface area contributed by atoms with Crippen LogP contribution in [-0.4, -0.2) is 51.4 Å². The van der Waals surface area contributed by atoms with Crippen LogP contribution in [0.25, 0.3) is 17.3 Å². The van der Waals surface area contributed by atoms with Crippen LogP contribution in [0.3, 0.4) is 0 Å². The summed E-state index contributed by atoms with van der Waals surface area (Å²) in [5, 5.41) is 0. The minimum Gasteiger partial charge on any atom is -0.396 e. The number of carbonyl (C=O) groups is 1.